The third-order valence-electron chi connectivity index (χ3n) is 10.4. The highest BCUT2D eigenvalue weighted by Crippen LogP contribution is 2.57. The molecule has 4 aromatic rings. The normalized spacial score (nSPS) is 26.5. The molecule has 2 fully saturated rings. The number of para-hydroxylation sites is 2. The predicted molar refractivity (Wildman–Crippen MR) is 200 cm³/mol. The van der Waals surface area contributed by atoms with Crippen LogP contribution in [0.1, 0.15) is 82.8 Å². The van der Waals surface area contributed by atoms with E-state index in [1.807, 2.05) is 42.5 Å². The summed E-state index contributed by atoms with van der Waals surface area (Å²) < 4.78 is 7.45. The van der Waals surface area contributed by atoms with Crippen molar-refractivity contribution < 1.29 is 24.0 Å². The molecule has 0 radical (unpaired) electrons. The van der Waals surface area contributed by atoms with Gasteiger partial charge in [0.1, 0.15) is 6.10 Å². The standard InChI is InChI=1S/C40H46N4O5S2/c1-39(2,3)34-25-50-35(42-34)20-26-14-8-5-4-6-9-15-27-22-40(27,37(47)43-49-28-16-10-7-11-17-28)23-32(45)31-21-29(24-44(31)36(26)46)48-38-41-30-18-12-13-19-33(30)51-38/h7,9-13,15-19,25-27,29,31H,4-6,8,14,20-24H2,1-3H3,(H,43,47)/b15-9-/t26-,27-,29-,31+,40-/m1/s1. The Morgan fingerprint density at radius 2 is 1.84 bits per heavy atom. The molecule has 51 heavy (non-hydrogen) atoms. The fourth-order valence-corrected chi connectivity index (χ4v) is 9.31. The van der Waals surface area contributed by atoms with Crippen LogP contribution in [0.25, 0.3) is 10.2 Å². The first-order chi connectivity index (χ1) is 24.6. The fraction of sp³-hybridized carbons (Fsp3) is 0.475. The van der Waals surface area contributed by atoms with Crippen LogP contribution in [0.5, 0.6) is 10.9 Å². The van der Waals surface area contributed by atoms with E-state index in [-0.39, 0.29) is 47.8 Å². The lowest BCUT2D eigenvalue weighted by atomic mass is 9.90. The van der Waals surface area contributed by atoms with Gasteiger partial charge >= 0.3 is 0 Å². The van der Waals surface area contributed by atoms with Gasteiger partial charge in [0.05, 0.1) is 38.9 Å². The third kappa shape index (κ3) is 8.04. The number of hydroxylamine groups is 1. The molecule has 4 heterocycles. The minimum Gasteiger partial charge on any atom is -0.465 e. The third-order valence-corrected chi connectivity index (χ3v) is 12.2. The van der Waals surface area contributed by atoms with Crippen LogP contribution in [0, 0.1) is 17.3 Å². The minimum atomic E-state index is -0.938. The lowest BCUT2D eigenvalue weighted by molar-refractivity contribution is -0.143. The Labute approximate surface area is 307 Å². The summed E-state index contributed by atoms with van der Waals surface area (Å²) in [6.07, 6.45) is 9.80. The van der Waals surface area contributed by atoms with Gasteiger partial charge in [0.15, 0.2) is 11.5 Å². The SMILES string of the molecule is CC(C)(C)c1csc(C[C@H]2CCCCC/C=C\[C@@H]3C[C@@]3(C(=O)NOc3ccccc3)CC(=O)[C@@H]3C[C@@H](Oc4nc5ccccc5s4)CN3C2=O)n1. The van der Waals surface area contributed by atoms with Crippen LogP contribution < -0.4 is 15.1 Å². The average Bonchev–Trinajstić information content (AvgIpc) is 3.49. The van der Waals surface area contributed by atoms with Gasteiger partial charge in [0.2, 0.25) is 5.91 Å². The monoisotopic (exact) mass is 726 g/mol. The number of hydrogen-bond donors (Lipinski definition) is 1. The number of nitrogens with zero attached hydrogens (tertiary/aromatic N) is 3. The van der Waals surface area contributed by atoms with E-state index in [2.05, 4.69) is 48.8 Å². The summed E-state index contributed by atoms with van der Waals surface area (Å²) in [5, 5.41) is 3.57. The highest BCUT2D eigenvalue weighted by Gasteiger charge is 2.61. The molecular formula is C40H46N4O5S2. The second kappa shape index (κ2) is 14.9. The van der Waals surface area contributed by atoms with Gasteiger partial charge in [-0.05, 0) is 55.9 Å². The zero-order valence-electron chi connectivity index (χ0n) is 29.5. The van der Waals surface area contributed by atoms with Gasteiger partial charge in [0.25, 0.3) is 11.1 Å². The Morgan fingerprint density at radius 1 is 1.04 bits per heavy atom. The lowest BCUT2D eigenvalue weighted by Gasteiger charge is -2.29. The van der Waals surface area contributed by atoms with E-state index < -0.39 is 17.6 Å². The minimum absolute atomic E-state index is 0.0143. The Hall–Kier alpha value is -4.09. The Bertz CT molecular complexity index is 1870. The number of carbonyl (C=O) groups excluding carboxylic acids is 3. The number of rotatable bonds is 7. The van der Waals surface area contributed by atoms with Gasteiger partial charge in [-0.1, -0.05) is 87.4 Å². The number of benzene rings is 2. The highest BCUT2D eigenvalue weighted by atomic mass is 32.1. The number of nitrogens with one attached hydrogen (secondary N) is 1. The number of ketones is 1. The molecule has 2 amide bonds. The summed E-state index contributed by atoms with van der Waals surface area (Å²) >= 11 is 3.07. The molecular weight excluding hydrogens is 681 g/mol. The summed E-state index contributed by atoms with van der Waals surface area (Å²) in [4.78, 5) is 60.0. The van der Waals surface area contributed by atoms with Gasteiger partial charge in [-0.15, -0.1) is 11.3 Å². The van der Waals surface area contributed by atoms with E-state index in [4.69, 9.17) is 14.6 Å². The number of thiazole rings is 2. The Kier molecular flexibility index (Phi) is 10.3. The number of Topliss-reactive ketones (excluding diaryl/α,β-unsaturated/α-hetero) is 1. The Balaban J connectivity index is 1.16. The topological polar surface area (TPSA) is 111 Å². The van der Waals surface area contributed by atoms with Crippen LogP contribution in [0.4, 0.5) is 0 Å². The average molecular weight is 727 g/mol. The zero-order valence-corrected chi connectivity index (χ0v) is 31.1. The smallest absolute Gasteiger partial charge is 0.274 e. The van der Waals surface area contributed by atoms with Crippen molar-refractivity contribution in [1.82, 2.24) is 20.3 Å². The van der Waals surface area contributed by atoms with E-state index in [1.54, 1.807) is 28.4 Å². The number of fused-ring (bicyclic) bond motifs is 3. The molecule has 5 atom stereocenters. The van der Waals surface area contributed by atoms with E-state index in [9.17, 15) is 14.4 Å². The molecule has 268 valence electrons. The summed E-state index contributed by atoms with van der Waals surface area (Å²) in [5.74, 6) is -0.355. The molecule has 2 aromatic carbocycles. The molecule has 1 saturated carbocycles. The molecule has 1 aliphatic carbocycles. The van der Waals surface area contributed by atoms with E-state index in [0.717, 1.165) is 53.0 Å². The lowest BCUT2D eigenvalue weighted by Crippen LogP contribution is -2.46. The fourth-order valence-electron chi connectivity index (χ4n) is 7.33. The Morgan fingerprint density at radius 3 is 2.63 bits per heavy atom. The number of ether oxygens (including phenoxy) is 1. The molecule has 0 bridgehead atoms. The number of allylic oxidation sites excluding steroid dienone is 2. The molecule has 11 heteroatoms. The van der Waals surface area contributed by atoms with Gasteiger partial charge in [-0.3, -0.25) is 14.4 Å². The summed E-state index contributed by atoms with van der Waals surface area (Å²) in [6, 6.07) is 16.2. The van der Waals surface area contributed by atoms with Crippen molar-refractivity contribution in [2.45, 2.75) is 96.1 Å². The summed E-state index contributed by atoms with van der Waals surface area (Å²) in [6.45, 7) is 6.72. The van der Waals surface area contributed by atoms with Crippen LogP contribution in [-0.2, 0) is 26.2 Å². The second-order valence-electron chi connectivity index (χ2n) is 15.2. The van der Waals surface area contributed by atoms with Crippen molar-refractivity contribution in [1.29, 1.82) is 0 Å². The van der Waals surface area contributed by atoms with Crippen LogP contribution in [0.2, 0.25) is 0 Å². The second-order valence-corrected chi connectivity index (χ2v) is 17.2. The largest absolute Gasteiger partial charge is 0.465 e. The van der Waals surface area contributed by atoms with E-state index >= 15 is 0 Å². The van der Waals surface area contributed by atoms with Gasteiger partial charge in [-0.2, -0.15) is 5.48 Å². The van der Waals surface area contributed by atoms with Crippen LogP contribution in [0.3, 0.4) is 0 Å². The zero-order chi connectivity index (χ0) is 35.6. The summed E-state index contributed by atoms with van der Waals surface area (Å²) in [7, 11) is 0. The molecule has 1 saturated heterocycles. The van der Waals surface area contributed by atoms with E-state index in [0.29, 0.717) is 30.2 Å². The maximum absolute atomic E-state index is 14.7. The number of carbonyl (C=O) groups is 3. The number of hydrogen-bond acceptors (Lipinski definition) is 9. The highest BCUT2D eigenvalue weighted by molar-refractivity contribution is 7.20. The van der Waals surface area contributed by atoms with Crippen molar-refractivity contribution in [3.05, 3.63) is 82.8 Å². The molecule has 2 aliphatic heterocycles. The van der Waals surface area contributed by atoms with Gasteiger partial charge in [-0.25, -0.2) is 9.97 Å². The first kappa shape index (κ1) is 35.3. The molecule has 0 spiro atoms. The van der Waals surface area contributed by atoms with Crippen molar-refractivity contribution in [2.24, 2.45) is 17.3 Å². The van der Waals surface area contributed by atoms with Crippen molar-refractivity contribution in [2.75, 3.05) is 6.54 Å². The molecule has 0 unspecified atom stereocenters. The maximum atomic E-state index is 14.7. The molecule has 2 aromatic heterocycles. The van der Waals surface area contributed by atoms with E-state index in [1.165, 1.54) is 11.3 Å². The first-order valence-electron chi connectivity index (χ1n) is 18.1. The van der Waals surface area contributed by atoms with Crippen LogP contribution in [0.15, 0.2) is 72.1 Å². The van der Waals surface area contributed by atoms with Crippen molar-refractivity contribution in [3.63, 3.8) is 0 Å². The number of aromatic nitrogens is 2. The van der Waals surface area contributed by atoms with Crippen LogP contribution in [-0.4, -0.2) is 51.2 Å². The summed E-state index contributed by atoms with van der Waals surface area (Å²) in [5.41, 5.74) is 3.50. The van der Waals surface area contributed by atoms with Crippen molar-refractivity contribution >= 4 is 50.5 Å². The number of amides is 2. The molecule has 7 rings (SSSR count). The van der Waals surface area contributed by atoms with Crippen molar-refractivity contribution in [3.8, 4) is 10.9 Å². The van der Waals surface area contributed by atoms with Crippen LogP contribution >= 0.6 is 22.7 Å². The first-order valence-corrected chi connectivity index (χ1v) is 19.8. The molecule has 1 N–H and O–H groups in total. The molecule has 3 aliphatic rings. The van der Waals surface area contributed by atoms with Gasteiger partial charge < -0.3 is 14.5 Å². The quantitative estimate of drug-likeness (QED) is 0.153. The molecule has 9 nitrogen and oxygen atoms in total. The predicted octanol–water partition coefficient (Wildman–Crippen LogP) is 7.85. The maximum Gasteiger partial charge on any atom is 0.274 e. The van der Waals surface area contributed by atoms with Gasteiger partial charge in [0, 0.05) is 36.0 Å².